The number of benzene rings is 1. The summed E-state index contributed by atoms with van der Waals surface area (Å²) in [4.78, 5) is 13.9. The SMILES string of the molecule is CC(C)(C)C[C@H]1N[C@@H](Cc2ccccc2)C(=O)Nc2ccsc21. The van der Waals surface area contributed by atoms with E-state index in [2.05, 4.69) is 48.9 Å². The van der Waals surface area contributed by atoms with E-state index in [-0.39, 0.29) is 23.4 Å². The molecular formula is C19H24N2OS. The van der Waals surface area contributed by atoms with Crippen LogP contribution in [0.15, 0.2) is 41.8 Å². The monoisotopic (exact) mass is 328 g/mol. The molecule has 1 aliphatic heterocycles. The minimum atomic E-state index is -0.204. The normalized spacial score (nSPS) is 21.4. The van der Waals surface area contributed by atoms with E-state index >= 15 is 0 Å². The van der Waals surface area contributed by atoms with Crippen LogP contribution in [0.3, 0.4) is 0 Å². The molecule has 1 aromatic carbocycles. The van der Waals surface area contributed by atoms with Gasteiger partial charge in [0.1, 0.15) is 0 Å². The molecule has 0 saturated heterocycles. The summed E-state index contributed by atoms with van der Waals surface area (Å²) in [5.74, 6) is 0.0601. The highest BCUT2D eigenvalue weighted by Crippen LogP contribution is 2.38. The Balaban J connectivity index is 1.85. The molecule has 1 aliphatic rings. The number of fused-ring (bicyclic) bond motifs is 1. The van der Waals surface area contributed by atoms with Crippen molar-refractivity contribution >= 4 is 22.9 Å². The van der Waals surface area contributed by atoms with Crippen molar-refractivity contribution in [2.75, 3.05) is 5.32 Å². The Hall–Kier alpha value is -1.65. The van der Waals surface area contributed by atoms with Crippen LogP contribution in [0.4, 0.5) is 5.69 Å². The summed E-state index contributed by atoms with van der Waals surface area (Å²) in [6.45, 7) is 6.73. The molecule has 0 aliphatic carbocycles. The van der Waals surface area contributed by atoms with Gasteiger partial charge >= 0.3 is 0 Å². The van der Waals surface area contributed by atoms with Crippen molar-refractivity contribution in [1.82, 2.24) is 5.32 Å². The third-order valence-electron chi connectivity index (χ3n) is 4.09. The molecule has 23 heavy (non-hydrogen) atoms. The molecule has 2 N–H and O–H groups in total. The number of hydrogen-bond acceptors (Lipinski definition) is 3. The summed E-state index contributed by atoms with van der Waals surface area (Å²) in [6, 6.07) is 12.2. The van der Waals surface area contributed by atoms with Crippen LogP contribution in [0.25, 0.3) is 0 Å². The lowest BCUT2D eigenvalue weighted by atomic mass is 9.87. The van der Waals surface area contributed by atoms with Gasteiger partial charge in [0.15, 0.2) is 0 Å². The number of thiophene rings is 1. The van der Waals surface area contributed by atoms with Crippen LogP contribution in [0.1, 0.15) is 43.7 Å². The lowest BCUT2D eigenvalue weighted by Gasteiger charge is -2.28. The zero-order valence-electron chi connectivity index (χ0n) is 13.9. The summed E-state index contributed by atoms with van der Waals surface area (Å²) < 4.78 is 0. The Morgan fingerprint density at radius 3 is 2.52 bits per heavy atom. The van der Waals surface area contributed by atoms with Crippen LogP contribution in [-0.2, 0) is 11.2 Å². The number of anilines is 1. The van der Waals surface area contributed by atoms with Gasteiger partial charge in [0.25, 0.3) is 0 Å². The molecule has 0 saturated carbocycles. The third kappa shape index (κ3) is 4.01. The molecule has 3 rings (SSSR count). The number of nitrogens with one attached hydrogen (secondary N) is 2. The maximum absolute atomic E-state index is 12.6. The molecule has 3 nitrogen and oxygen atoms in total. The van der Waals surface area contributed by atoms with E-state index < -0.39 is 0 Å². The van der Waals surface area contributed by atoms with Gasteiger partial charge < -0.3 is 5.32 Å². The summed E-state index contributed by atoms with van der Waals surface area (Å²) in [5, 5.41) is 8.76. The van der Waals surface area contributed by atoms with Gasteiger partial charge in [0.05, 0.1) is 11.7 Å². The van der Waals surface area contributed by atoms with Gasteiger partial charge in [0, 0.05) is 10.9 Å². The second kappa shape index (κ2) is 6.46. The Bertz CT molecular complexity index is 672. The Morgan fingerprint density at radius 1 is 1.09 bits per heavy atom. The maximum atomic E-state index is 12.6. The van der Waals surface area contributed by atoms with Crippen LogP contribution >= 0.6 is 11.3 Å². The molecule has 0 unspecified atom stereocenters. The van der Waals surface area contributed by atoms with Crippen LogP contribution < -0.4 is 10.6 Å². The van der Waals surface area contributed by atoms with Crippen LogP contribution in [0, 0.1) is 5.41 Å². The lowest BCUT2D eigenvalue weighted by Crippen LogP contribution is -2.42. The first kappa shape index (κ1) is 16.2. The van der Waals surface area contributed by atoms with Crippen molar-refractivity contribution in [3.63, 3.8) is 0 Å². The van der Waals surface area contributed by atoms with E-state index in [1.807, 2.05) is 24.3 Å². The fraction of sp³-hybridized carbons (Fsp3) is 0.421. The molecule has 0 radical (unpaired) electrons. The molecule has 2 heterocycles. The average molecular weight is 328 g/mol. The molecular weight excluding hydrogens is 304 g/mol. The molecule has 0 bridgehead atoms. The standard InChI is InChI=1S/C19H24N2OS/c1-19(2,3)12-16-17-14(9-10-23-17)21-18(22)15(20-16)11-13-7-5-4-6-8-13/h4-10,15-16,20H,11-12H2,1-3H3,(H,21,22)/t15-,16+/m0/s1. The fourth-order valence-electron chi connectivity index (χ4n) is 3.07. The van der Waals surface area contributed by atoms with Crippen molar-refractivity contribution in [2.24, 2.45) is 5.41 Å². The zero-order chi connectivity index (χ0) is 16.4. The van der Waals surface area contributed by atoms with Gasteiger partial charge in [-0.05, 0) is 35.3 Å². The molecule has 0 fully saturated rings. The van der Waals surface area contributed by atoms with Gasteiger partial charge in [-0.25, -0.2) is 0 Å². The second-order valence-corrected chi connectivity index (χ2v) is 8.36. The topological polar surface area (TPSA) is 41.1 Å². The Morgan fingerprint density at radius 2 is 1.83 bits per heavy atom. The Kier molecular flexibility index (Phi) is 4.55. The molecule has 122 valence electrons. The smallest absolute Gasteiger partial charge is 0.241 e. The van der Waals surface area contributed by atoms with Crippen molar-refractivity contribution in [3.05, 3.63) is 52.2 Å². The van der Waals surface area contributed by atoms with Gasteiger partial charge in [-0.2, -0.15) is 0 Å². The number of amides is 1. The number of carbonyl (C=O) groups excluding carboxylic acids is 1. The van der Waals surface area contributed by atoms with Gasteiger partial charge in [-0.15, -0.1) is 11.3 Å². The molecule has 4 heteroatoms. The van der Waals surface area contributed by atoms with Crippen molar-refractivity contribution in [2.45, 2.75) is 45.7 Å². The van der Waals surface area contributed by atoms with E-state index in [1.165, 1.54) is 10.4 Å². The summed E-state index contributed by atoms with van der Waals surface area (Å²) in [5.41, 5.74) is 2.35. The molecule has 2 atom stereocenters. The highest BCUT2D eigenvalue weighted by atomic mass is 32.1. The van der Waals surface area contributed by atoms with E-state index in [0.717, 1.165) is 12.1 Å². The number of hydrogen-bond donors (Lipinski definition) is 2. The highest BCUT2D eigenvalue weighted by molar-refractivity contribution is 7.10. The van der Waals surface area contributed by atoms with Gasteiger partial charge in [-0.3, -0.25) is 10.1 Å². The third-order valence-corrected chi connectivity index (χ3v) is 5.12. The second-order valence-electron chi connectivity index (χ2n) is 7.41. The predicted molar refractivity (Wildman–Crippen MR) is 96.8 cm³/mol. The van der Waals surface area contributed by atoms with Crippen LogP contribution in [0.2, 0.25) is 0 Å². The van der Waals surface area contributed by atoms with Gasteiger partial charge in [0.2, 0.25) is 5.91 Å². The number of rotatable bonds is 3. The van der Waals surface area contributed by atoms with E-state index in [1.54, 1.807) is 11.3 Å². The van der Waals surface area contributed by atoms with E-state index in [0.29, 0.717) is 6.42 Å². The maximum Gasteiger partial charge on any atom is 0.241 e. The average Bonchev–Trinajstić information content (AvgIpc) is 2.89. The van der Waals surface area contributed by atoms with Crippen LogP contribution in [0.5, 0.6) is 0 Å². The highest BCUT2D eigenvalue weighted by Gasteiger charge is 2.32. The zero-order valence-corrected chi connectivity index (χ0v) is 14.7. The van der Waals surface area contributed by atoms with E-state index in [9.17, 15) is 4.79 Å². The van der Waals surface area contributed by atoms with Crippen molar-refractivity contribution < 1.29 is 4.79 Å². The van der Waals surface area contributed by atoms with E-state index in [4.69, 9.17) is 0 Å². The summed E-state index contributed by atoms with van der Waals surface area (Å²) in [6.07, 6.45) is 1.71. The molecule has 1 amide bonds. The summed E-state index contributed by atoms with van der Waals surface area (Å²) >= 11 is 1.72. The minimum Gasteiger partial charge on any atom is -0.324 e. The number of carbonyl (C=O) groups is 1. The van der Waals surface area contributed by atoms with Crippen LogP contribution in [-0.4, -0.2) is 11.9 Å². The first-order valence-corrected chi connectivity index (χ1v) is 8.98. The first-order chi connectivity index (χ1) is 10.9. The van der Waals surface area contributed by atoms with Gasteiger partial charge in [-0.1, -0.05) is 51.1 Å². The largest absolute Gasteiger partial charge is 0.324 e. The molecule has 2 aromatic rings. The lowest BCUT2D eigenvalue weighted by molar-refractivity contribution is -0.118. The van der Waals surface area contributed by atoms with Crippen molar-refractivity contribution in [1.29, 1.82) is 0 Å². The Labute approximate surface area is 142 Å². The molecule has 0 spiro atoms. The predicted octanol–water partition coefficient (Wildman–Crippen LogP) is 4.38. The first-order valence-electron chi connectivity index (χ1n) is 8.10. The van der Waals surface area contributed by atoms with Crippen molar-refractivity contribution in [3.8, 4) is 0 Å². The quantitative estimate of drug-likeness (QED) is 0.878. The minimum absolute atomic E-state index is 0.0601. The summed E-state index contributed by atoms with van der Waals surface area (Å²) in [7, 11) is 0. The molecule has 1 aromatic heterocycles. The fourth-order valence-corrected chi connectivity index (χ4v) is 3.99.